The Bertz CT molecular complexity index is 485. The highest BCUT2D eigenvalue weighted by molar-refractivity contribution is 7.57. The molecule has 0 aliphatic carbocycles. The van der Waals surface area contributed by atoms with Gasteiger partial charge in [-0.15, -0.1) is 0 Å². The van der Waals surface area contributed by atoms with E-state index in [1.807, 2.05) is 0 Å². The topological polar surface area (TPSA) is 35.5 Å². The minimum Gasteiger partial charge on any atom is -0.306 e. The monoisotopic (exact) mass is 308 g/mol. The molecule has 0 aliphatic rings. The van der Waals surface area contributed by atoms with E-state index in [1.165, 1.54) is 24.0 Å². The van der Waals surface area contributed by atoms with Crippen molar-refractivity contribution in [2.24, 2.45) is 0 Å². The molecule has 112 valence electrons. The van der Waals surface area contributed by atoms with Crippen LogP contribution < -0.4 is 0 Å². The van der Waals surface area contributed by atoms with Gasteiger partial charge in [0.15, 0.2) is 0 Å². The van der Waals surface area contributed by atoms with Gasteiger partial charge in [-0.25, -0.2) is 0 Å². The molecule has 1 rings (SSSR count). The van der Waals surface area contributed by atoms with Gasteiger partial charge in [0.2, 0.25) is 0 Å². The molecule has 0 spiro atoms. The molecule has 1 aromatic rings. The normalized spacial score (nSPS) is 13.1. The van der Waals surface area contributed by atoms with Crippen LogP contribution >= 0.6 is 7.60 Å². The number of benzene rings is 1. The fourth-order valence-electron chi connectivity index (χ4n) is 1.44. The molecule has 0 aromatic heterocycles. The smallest absolute Gasteiger partial charge is 0.306 e. The fraction of sp³-hybridized carbons (Fsp3) is 0.385. The summed E-state index contributed by atoms with van der Waals surface area (Å²) in [6, 6.07) is 4.51. The van der Waals surface area contributed by atoms with Gasteiger partial charge in [0.05, 0.1) is 18.8 Å². The quantitative estimate of drug-likeness (QED) is 0.698. The first-order valence-electron chi connectivity index (χ1n) is 6.06. The van der Waals surface area contributed by atoms with Crippen molar-refractivity contribution >= 4 is 13.7 Å². The molecule has 0 unspecified atom stereocenters. The molecule has 0 heterocycles. The third kappa shape index (κ3) is 5.12. The SMILES string of the molecule is CCOP(=O)(/C=C/c1ccc(C(F)(F)F)cc1)OCC. The molecular weight excluding hydrogens is 292 g/mol. The molecule has 7 heteroatoms. The summed E-state index contributed by atoms with van der Waals surface area (Å²) in [6.45, 7) is 3.79. The number of halogens is 3. The first kappa shape index (κ1) is 17.0. The van der Waals surface area contributed by atoms with E-state index in [2.05, 4.69) is 0 Å². The van der Waals surface area contributed by atoms with Gasteiger partial charge >= 0.3 is 13.8 Å². The lowest BCUT2D eigenvalue weighted by Gasteiger charge is -2.12. The zero-order valence-corrected chi connectivity index (χ0v) is 12.1. The van der Waals surface area contributed by atoms with Crippen molar-refractivity contribution in [1.29, 1.82) is 0 Å². The molecule has 0 N–H and O–H groups in total. The van der Waals surface area contributed by atoms with Crippen molar-refractivity contribution in [3.63, 3.8) is 0 Å². The molecule has 0 amide bonds. The van der Waals surface area contributed by atoms with E-state index in [0.717, 1.165) is 12.1 Å². The Labute approximate surface area is 115 Å². The summed E-state index contributed by atoms with van der Waals surface area (Å²) in [4.78, 5) is 0. The Hall–Kier alpha value is -1.10. The highest BCUT2D eigenvalue weighted by Crippen LogP contribution is 2.50. The Morgan fingerprint density at radius 3 is 2.00 bits per heavy atom. The minimum absolute atomic E-state index is 0.217. The number of rotatable bonds is 6. The molecule has 3 nitrogen and oxygen atoms in total. The first-order chi connectivity index (χ1) is 9.30. The van der Waals surface area contributed by atoms with Crippen LogP contribution in [0.15, 0.2) is 30.1 Å². The van der Waals surface area contributed by atoms with Crippen LogP contribution in [-0.4, -0.2) is 13.2 Å². The van der Waals surface area contributed by atoms with E-state index in [9.17, 15) is 17.7 Å². The maximum Gasteiger partial charge on any atom is 0.416 e. The lowest BCUT2D eigenvalue weighted by atomic mass is 10.1. The third-order valence-corrected chi connectivity index (χ3v) is 4.06. The average Bonchev–Trinajstić information content (AvgIpc) is 2.37. The molecule has 0 bridgehead atoms. The zero-order valence-electron chi connectivity index (χ0n) is 11.2. The Morgan fingerprint density at radius 1 is 1.10 bits per heavy atom. The van der Waals surface area contributed by atoms with Gasteiger partial charge < -0.3 is 9.05 Å². The summed E-state index contributed by atoms with van der Waals surface area (Å²) in [6.07, 6.45) is -2.94. The Morgan fingerprint density at radius 2 is 1.60 bits per heavy atom. The van der Waals surface area contributed by atoms with E-state index < -0.39 is 19.3 Å². The third-order valence-electron chi connectivity index (χ3n) is 2.31. The fourth-order valence-corrected chi connectivity index (χ4v) is 2.76. The zero-order chi connectivity index (χ0) is 15.2. The van der Waals surface area contributed by atoms with Gasteiger partial charge in [0.25, 0.3) is 0 Å². The second-order valence-corrected chi connectivity index (χ2v) is 5.71. The van der Waals surface area contributed by atoms with E-state index >= 15 is 0 Å². The van der Waals surface area contributed by atoms with Gasteiger partial charge in [0.1, 0.15) is 0 Å². The largest absolute Gasteiger partial charge is 0.416 e. The molecule has 0 saturated carbocycles. The van der Waals surface area contributed by atoms with Crippen molar-refractivity contribution in [3.8, 4) is 0 Å². The van der Waals surface area contributed by atoms with Crippen molar-refractivity contribution in [3.05, 3.63) is 41.2 Å². The summed E-state index contributed by atoms with van der Waals surface area (Å²) < 4.78 is 59.4. The number of alkyl halides is 3. The van der Waals surface area contributed by atoms with Crippen LogP contribution in [0, 0.1) is 0 Å². The molecule has 0 atom stereocenters. The van der Waals surface area contributed by atoms with Crippen LogP contribution in [0.1, 0.15) is 25.0 Å². The summed E-state index contributed by atoms with van der Waals surface area (Å²) in [5, 5.41) is 0. The highest BCUT2D eigenvalue weighted by atomic mass is 31.2. The lowest BCUT2D eigenvalue weighted by Crippen LogP contribution is -2.03. The minimum atomic E-state index is -4.37. The van der Waals surface area contributed by atoms with Gasteiger partial charge in [-0.2, -0.15) is 13.2 Å². The standard InChI is InChI=1S/C13H16F3O3P/c1-3-18-20(17,19-4-2)10-9-11-5-7-12(8-6-11)13(14,15)16/h5-10H,3-4H2,1-2H3/b10-9+. The van der Waals surface area contributed by atoms with Crippen molar-refractivity contribution in [2.75, 3.05) is 13.2 Å². The maximum atomic E-state index is 12.4. The van der Waals surface area contributed by atoms with Gasteiger partial charge in [-0.1, -0.05) is 12.1 Å². The van der Waals surface area contributed by atoms with Crippen molar-refractivity contribution in [1.82, 2.24) is 0 Å². The Balaban J connectivity index is 2.86. The van der Waals surface area contributed by atoms with E-state index in [1.54, 1.807) is 13.8 Å². The first-order valence-corrected chi connectivity index (χ1v) is 7.67. The molecule has 1 aromatic carbocycles. The number of hydrogen-bond acceptors (Lipinski definition) is 3. The molecule has 0 aliphatic heterocycles. The van der Waals surface area contributed by atoms with E-state index in [4.69, 9.17) is 9.05 Å². The van der Waals surface area contributed by atoms with Gasteiger partial charge in [-0.3, -0.25) is 4.57 Å². The Kier molecular flexibility index (Phi) is 5.99. The van der Waals surface area contributed by atoms with Crippen molar-refractivity contribution in [2.45, 2.75) is 20.0 Å². The summed E-state index contributed by atoms with van der Waals surface area (Å²) >= 11 is 0. The van der Waals surface area contributed by atoms with E-state index in [-0.39, 0.29) is 13.2 Å². The summed E-state index contributed by atoms with van der Waals surface area (Å²) in [7, 11) is -3.33. The molecule has 20 heavy (non-hydrogen) atoms. The van der Waals surface area contributed by atoms with Crippen LogP contribution in [0.4, 0.5) is 13.2 Å². The van der Waals surface area contributed by atoms with Crippen LogP contribution in [0.25, 0.3) is 6.08 Å². The van der Waals surface area contributed by atoms with Crippen LogP contribution in [-0.2, 0) is 19.8 Å². The summed E-state index contributed by atoms with van der Waals surface area (Å²) in [5.74, 6) is 1.25. The van der Waals surface area contributed by atoms with Gasteiger partial charge in [0, 0.05) is 5.82 Å². The second-order valence-electron chi connectivity index (χ2n) is 3.81. The predicted molar refractivity (Wildman–Crippen MR) is 71.3 cm³/mol. The summed E-state index contributed by atoms with van der Waals surface area (Å²) in [5.41, 5.74) is -0.245. The molecule has 0 radical (unpaired) electrons. The molecule has 0 saturated heterocycles. The molecular formula is C13H16F3O3P. The predicted octanol–water partition coefficient (Wildman–Crippen LogP) is 4.94. The molecule has 0 fully saturated rings. The van der Waals surface area contributed by atoms with Gasteiger partial charge in [-0.05, 0) is 37.6 Å². The van der Waals surface area contributed by atoms with Crippen LogP contribution in [0.2, 0.25) is 0 Å². The highest BCUT2D eigenvalue weighted by Gasteiger charge is 2.29. The van der Waals surface area contributed by atoms with Crippen LogP contribution in [0.5, 0.6) is 0 Å². The average molecular weight is 308 g/mol. The van der Waals surface area contributed by atoms with Crippen LogP contribution in [0.3, 0.4) is 0 Å². The van der Waals surface area contributed by atoms with E-state index in [0.29, 0.717) is 5.56 Å². The lowest BCUT2D eigenvalue weighted by molar-refractivity contribution is -0.137. The maximum absolute atomic E-state index is 12.4. The number of hydrogen-bond donors (Lipinski definition) is 0. The second kappa shape index (κ2) is 7.07. The van der Waals surface area contributed by atoms with Crippen molar-refractivity contribution < 1.29 is 26.8 Å².